The smallest absolute Gasteiger partial charge is 0.224 e. The van der Waals surface area contributed by atoms with Crippen molar-refractivity contribution in [3.05, 3.63) is 83.9 Å². The summed E-state index contributed by atoms with van der Waals surface area (Å²) in [5, 5.41) is 5.37. The number of carbonyl (C=O) groups is 1. The molecule has 0 aliphatic heterocycles. The Balaban J connectivity index is 1.51. The molecule has 0 aromatic heterocycles. The summed E-state index contributed by atoms with van der Waals surface area (Å²) in [5.41, 5.74) is 2.40. The molecule has 0 radical (unpaired) electrons. The lowest BCUT2D eigenvalue weighted by atomic mass is 10.0. The molecule has 0 bridgehead atoms. The summed E-state index contributed by atoms with van der Waals surface area (Å²) < 4.78 is 0. The SMILES string of the molecule is O=C(Cc1cccc2ccccc12)NCCCc1ccccc1. The number of benzene rings is 3. The van der Waals surface area contributed by atoms with Gasteiger partial charge in [-0.25, -0.2) is 0 Å². The van der Waals surface area contributed by atoms with E-state index in [0.717, 1.165) is 30.3 Å². The van der Waals surface area contributed by atoms with Gasteiger partial charge in [-0.05, 0) is 34.7 Å². The van der Waals surface area contributed by atoms with E-state index in [2.05, 4.69) is 47.8 Å². The summed E-state index contributed by atoms with van der Waals surface area (Å²) in [7, 11) is 0. The van der Waals surface area contributed by atoms with Crippen molar-refractivity contribution in [3.63, 3.8) is 0 Å². The Bertz CT molecular complexity index is 775. The lowest BCUT2D eigenvalue weighted by molar-refractivity contribution is -0.120. The van der Waals surface area contributed by atoms with Crippen molar-refractivity contribution in [1.82, 2.24) is 5.32 Å². The van der Waals surface area contributed by atoms with Gasteiger partial charge < -0.3 is 5.32 Å². The Morgan fingerprint density at radius 3 is 2.43 bits per heavy atom. The van der Waals surface area contributed by atoms with Gasteiger partial charge in [0.15, 0.2) is 0 Å². The van der Waals surface area contributed by atoms with Gasteiger partial charge in [-0.15, -0.1) is 0 Å². The Hall–Kier alpha value is -2.61. The van der Waals surface area contributed by atoms with Gasteiger partial charge >= 0.3 is 0 Å². The third kappa shape index (κ3) is 4.19. The Labute approximate surface area is 137 Å². The first kappa shape index (κ1) is 15.3. The maximum atomic E-state index is 12.2. The fraction of sp³-hybridized carbons (Fsp3) is 0.190. The third-order valence-corrected chi connectivity index (χ3v) is 4.04. The van der Waals surface area contributed by atoms with Gasteiger partial charge in [0.05, 0.1) is 6.42 Å². The van der Waals surface area contributed by atoms with Crippen LogP contribution in [0, 0.1) is 0 Å². The molecule has 1 amide bonds. The van der Waals surface area contributed by atoms with E-state index in [1.54, 1.807) is 0 Å². The molecule has 2 nitrogen and oxygen atoms in total. The maximum Gasteiger partial charge on any atom is 0.224 e. The van der Waals surface area contributed by atoms with Crippen molar-refractivity contribution in [2.75, 3.05) is 6.54 Å². The molecule has 0 heterocycles. The summed E-state index contributed by atoms with van der Waals surface area (Å²) >= 11 is 0. The zero-order chi connectivity index (χ0) is 15.9. The average molecular weight is 303 g/mol. The number of fused-ring (bicyclic) bond motifs is 1. The van der Waals surface area contributed by atoms with Crippen molar-refractivity contribution < 1.29 is 4.79 Å². The Morgan fingerprint density at radius 1 is 0.826 bits per heavy atom. The number of nitrogens with one attached hydrogen (secondary N) is 1. The first-order valence-corrected chi connectivity index (χ1v) is 8.10. The normalized spacial score (nSPS) is 10.6. The van der Waals surface area contributed by atoms with Gasteiger partial charge in [0.1, 0.15) is 0 Å². The van der Waals surface area contributed by atoms with Gasteiger partial charge in [0.2, 0.25) is 5.91 Å². The quantitative estimate of drug-likeness (QED) is 0.682. The minimum atomic E-state index is 0.0921. The monoisotopic (exact) mass is 303 g/mol. The fourth-order valence-corrected chi connectivity index (χ4v) is 2.85. The molecule has 0 spiro atoms. The Morgan fingerprint density at radius 2 is 1.57 bits per heavy atom. The fourth-order valence-electron chi connectivity index (χ4n) is 2.85. The van der Waals surface area contributed by atoms with Gasteiger partial charge in [0, 0.05) is 6.54 Å². The van der Waals surface area contributed by atoms with Crippen LogP contribution in [-0.4, -0.2) is 12.5 Å². The summed E-state index contributed by atoms with van der Waals surface area (Å²) in [5.74, 6) is 0.0921. The second-order valence-electron chi connectivity index (χ2n) is 5.75. The zero-order valence-electron chi connectivity index (χ0n) is 13.2. The molecule has 0 aliphatic carbocycles. The van der Waals surface area contributed by atoms with Crippen LogP contribution < -0.4 is 5.32 Å². The van der Waals surface area contributed by atoms with Crippen LogP contribution in [0.3, 0.4) is 0 Å². The number of carbonyl (C=O) groups excluding carboxylic acids is 1. The average Bonchev–Trinajstić information content (AvgIpc) is 2.60. The molecule has 116 valence electrons. The van der Waals surface area contributed by atoms with E-state index in [-0.39, 0.29) is 5.91 Å². The van der Waals surface area contributed by atoms with Gasteiger partial charge in [-0.1, -0.05) is 72.8 Å². The van der Waals surface area contributed by atoms with Crippen molar-refractivity contribution in [3.8, 4) is 0 Å². The summed E-state index contributed by atoms with van der Waals surface area (Å²) in [6.45, 7) is 0.721. The molecule has 0 fully saturated rings. The van der Waals surface area contributed by atoms with Crippen molar-refractivity contribution in [2.24, 2.45) is 0 Å². The predicted octanol–water partition coefficient (Wildman–Crippen LogP) is 4.13. The minimum absolute atomic E-state index is 0.0921. The van der Waals surface area contributed by atoms with Crippen LogP contribution in [0.5, 0.6) is 0 Å². The lowest BCUT2D eigenvalue weighted by Gasteiger charge is -2.08. The summed E-state index contributed by atoms with van der Waals surface area (Å²) in [6, 6.07) is 24.7. The van der Waals surface area contributed by atoms with E-state index in [9.17, 15) is 4.79 Å². The van der Waals surface area contributed by atoms with E-state index in [1.807, 2.05) is 30.3 Å². The van der Waals surface area contributed by atoms with E-state index < -0.39 is 0 Å². The molecular formula is C21H21NO. The van der Waals surface area contributed by atoms with Crippen LogP contribution in [0.25, 0.3) is 10.8 Å². The number of rotatable bonds is 6. The van der Waals surface area contributed by atoms with E-state index in [4.69, 9.17) is 0 Å². The molecule has 0 saturated carbocycles. The molecule has 3 aromatic rings. The Kier molecular flexibility index (Phi) is 5.05. The van der Waals surface area contributed by atoms with E-state index >= 15 is 0 Å². The van der Waals surface area contributed by atoms with E-state index in [1.165, 1.54) is 10.9 Å². The number of hydrogen-bond acceptors (Lipinski definition) is 1. The van der Waals surface area contributed by atoms with E-state index in [0.29, 0.717) is 6.42 Å². The molecule has 0 unspecified atom stereocenters. The first-order chi connectivity index (χ1) is 11.3. The van der Waals surface area contributed by atoms with Crippen LogP contribution in [0.1, 0.15) is 17.5 Å². The first-order valence-electron chi connectivity index (χ1n) is 8.10. The summed E-state index contributed by atoms with van der Waals surface area (Å²) in [4.78, 5) is 12.2. The molecule has 0 saturated heterocycles. The molecule has 23 heavy (non-hydrogen) atoms. The van der Waals surface area contributed by atoms with Gasteiger partial charge in [0.25, 0.3) is 0 Å². The van der Waals surface area contributed by atoms with Gasteiger partial charge in [-0.2, -0.15) is 0 Å². The molecule has 3 aromatic carbocycles. The standard InChI is InChI=1S/C21H21NO/c23-21(22-15-7-10-17-8-2-1-3-9-17)16-19-13-6-12-18-11-4-5-14-20(18)19/h1-6,8-9,11-14H,7,10,15-16H2,(H,22,23). The molecule has 0 atom stereocenters. The van der Waals surface area contributed by atoms with Crippen LogP contribution in [0.4, 0.5) is 0 Å². The van der Waals surface area contributed by atoms with Crippen LogP contribution >= 0.6 is 0 Å². The minimum Gasteiger partial charge on any atom is -0.356 e. The topological polar surface area (TPSA) is 29.1 Å². The molecule has 2 heteroatoms. The zero-order valence-corrected chi connectivity index (χ0v) is 13.2. The molecule has 1 N–H and O–H groups in total. The lowest BCUT2D eigenvalue weighted by Crippen LogP contribution is -2.26. The van der Waals surface area contributed by atoms with Crippen molar-refractivity contribution in [2.45, 2.75) is 19.3 Å². The van der Waals surface area contributed by atoms with Crippen molar-refractivity contribution in [1.29, 1.82) is 0 Å². The third-order valence-electron chi connectivity index (χ3n) is 4.04. The number of hydrogen-bond donors (Lipinski definition) is 1. The predicted molar refractivity (Wildman–Crippen MR) is 95.4 cm³/mol. The molecule has 0 aliphatic rings. The van der Waals surface area contributed by atoms with Gasteiger partial charge in [-0.3, -0.25) is 4.79 Å². The van der Waals surface area contributed by atoms with Crippen LogP contribution in [0.15, 0.2) is 72.8 Å². The number of aryl methyl sites for hydroxylation is 1. The molecular weight excluding hydrogens is 282 g/mol. The highest BCUT2D eigenvalue weighted by Crippen LogP contribution is 2.18. The van der Waals surface area contributed by atoms with Crippen LogP contribution in [0.2, 0.25) is 0 Å². The second-order valence-corrected chi connectivity index (χ2v) is 5.75. The largest absolute Gasteiger partial charge is 0.356 e. The highest BCUT2D eigenvalue weighted by atomic mass is 16.1. The highest BCUT2D eigenvalue weighted by Gasteiger charge is 2.06. The maximum absolute atomic E-state index is 12.2. The van der Waals surface area contributed by atoms with Crippen LogP contribution in [-0.2, 0) is 17.6 Å². The molecule has 3 rings (SSSR count). The highest BCUT2D eigenvalue weighted by molar-refractivity contribution is 5.90. The summed E-state index contributed by atoms with van der Waals surface area (Å²) in [6.07, 6.45) is 2.40. The van der Waals surface area contributed by atoms with Crippen molar-refractivity contribution >= 4 is 16.7 Å². The second kappa shape index (κ2) is 7.59. The number of amides is 1.